The second-order valence-corrected chi connectivity index (χ2v) is 3.17. The zero-order chi connectivity index (χ0) is 8.72. The molecule has 64 valence electrons. The lowest BCUT2D eigenvalue weighted by molar-refractivity contribution is 0.0652. The molecule has 1 fully saturated rings. The minimum Gasteiger partial charge on any atom is -0.475 e. The van der Waals surface area contributed by atoms with Gasteiger partial charge in [0.05, 0.1) is 0 Å². The largest absolute Gasteiger partial charge is 0.475 e. The van der Waals surface area contributed by atoms with Gasteiger partial charge < -0.3 is 9.63 Å². The standard InChI is InChI=1S/C7H6ClNO3/c8-4-5(3-1-2-3)9-12-6(4)7(10)11/h3H,1-2H2,(H,10,11). The number of nitrogens with zero attached hydrogens (tertiary/aromatic N) is 1. The molecule has 1 saturated carbocycles. The number of carbonyl (C=O) groups is 1. The van der Waals surface area contributed by atoms with Gasteiger partial charge >= 0.3 is 5.97 Å². The number of carboxylic acids is 1. The number of hydrogen-bond acceptors (Lipinski definition) is 3. The van der Waals surface area contributed by atoms with Gasteiger partial charge in [-0.15, -0.1) is 0 Å². The van der Waals surface area contributed by atoms with Crippen LogP contribution < -0.4 is 0 Å². The summed E-state index contributed by atoms with van der Waals surface area (Å²) in [5.74, 6) is -1.10. The minimum absolute atomic E-state index is 0.157. The molecule has 1 aromatic rings. The van der Waals surface area contributed by atoms with Crippen molar-refractivity contribution in [2.24, 2.45) is 0 Å². The molecule has 4 nitrogen and oxygen atoms in total. The number of carboxylic acid groups (broad SMARTS) is 1. The Labute approximate surface area is 73.1 Å². The van der Waals surface area contributed by atoms with Gasteiger partial charge in [0.25, 0.3) is 5.76 Å². The second kappa shape index (κ2) is 2.48. The van der Waals surface area contributed by atoms with Crippen LogP contribution in [-0.2, 0) is 0 Å². The van der Waals surface area contributed by atoms with Crippen molar-refractivity contribution in [1.29, 1.82) is 0 Å². The van der Waals surface area contributed by atoms with Crippen molar-refractivity contribution in [1.82, 2.24) is 5.16 Å². The van der Waals surface area contributed by atoms with E-state index in [1.165, 1.54) is 0 Å². The van der Waals surface area contributed by atoms with Crippen molar-refractivity contribution in [3.05, 3.63) is 16.5 Å². The summed E-state index contributed by atoms with van der Waals surface area (Å²) in [6.07, 6.45) is 2.04. The van der Waals surface area contributed by atoms with E-state index in [1.807, 2.05) is 0 Å². The number of halogens is 1. The normalized spacial score (nSPS) is 16.4. The molecule has 0 aliphatic heterocycles. The zero-order valence-electron chi connectivity index (χ0n) is 6.08. The molecule has 2 rings (SSSR count). The summed E-state index contributed by atoms with van der Waals surface area (Å²) in [6.45, 7) is 0. The topological polar surface area (TPSA) is 63.3 Å². The van der Waals surface area contributed by atoms with E-state index in [4.69, 9.17) is 16.7 Å². The van der Waals surface area contributed by atoms with Gasteiger partial charge in [-0.25, -0.2) is 4.79 Å². The van der Waals surface area contributed by atoms with Crippen LogP contribution in [0.25, 0.3) is 0 Å². The third kappa shape index (κ3) is 1.08. The molecule has 1 aliphatic rings. The van der Waals surface area contributed by atoms with Crippen LogP contribution in [0.4, 0.5) is 0 Å². The van der Waals surface area contributed by atoms with Gasteiger partial charge in [-0.3, -0.25) is 0 Å². The van der Waals surface area contributed by atoms with Gasteiger partial charge in [-0.1, -0.05) is 16.8 Å². The second-order valence-electron chi connectivity index (χ2n) is 2.79. The van der Waals surface area contributed by atoms with Crippen molar-refractivity contribution < 1.29 is 14.4 Å². The third-order valence-electron chi connectivity index (χ3n) is 1.82. The number of hydrogen-bond donors (Lipinski definition) is 1. The highest BCUT2D eigenvalue weighted by Crippen LogP contribution is 2.43. The van der Waals surface area contributed by atoms with Crippen LogP contribution in [0.3, 0.4) is 0 Å². The van der Waals surface area contributed by atoms with Gasteiger partial charge in [0.1, 0.15) is 10.7 Å². The summed E-state index contributed by atoms with van der Waals surface area (Å²) >= 11 is 5.72. The predicted molar refractivity (Wildman–Crippen MR) is 40.4 cm³/mol. The molecule has 0 amide bonds. The first-order chi connectivity index (χ1) is 5.70. The fraction of sp³-hybridized carbons (Fsp3) is 0.429. The van der Waals surface area contributed by atoms with Gasteiger partial charge in [0.2, 0.25) is 0 Å². The number of aromatic nitrogens is 1. The maximum Gasteiger partial charge on any atom is 0.376 e. The highest BCUT2D eigenvalue weighted by molar-refractivity contribution is 6.33. The van der Waals surface area contributed by atoms with Crippen LogP contribution in [0.15, 0.2) is 4.52 Å². The molecule has 1 heterocycles. The summed E-state index contributed by atoms with van der Waals surface area (Å²) in [6, 6.07) is 0. The van der Waals surface area contributed by atoms with E-state index in [0.717, 1.165) is 12.8 Å². The lowest BCUT2D eigenvalue weighted by Gasteiger charge is -1.87. The Balaban J connectivity index is 2.39. The average Bonchev–Trinajstić information content (AvgIpc) is 2.75. The molecule has 0 saturated heterocycles. The first-order valence-corrected chi connectivity index (χ1v) is 3.96. The number of rotatable bonds is 2. The first kappa shape index (κ1) is 7.61. The molecule has 1 aliphatic carbocycles. The number of aromatic carboxylic acids is 1. The Morgan fingerprint density at radius 2 is 2.33 bits per heavy atom. The Morgan fingerprint density at radius 3 is 2.75 bits per heavy atom. The summed E-state index contributed by atoms with van der Waals surface area (Å²) < 4.78 is 4.58. The van der Waals surface area contributed by atoms with Crippen LogP contribution in [0.5, 0.6) is 0 Å². The highest BCUT2D eigenvalue weighted by Gasteiger charge is 2.32. The molecule has 12 heavy (non-hydrogen) atoms. The maximum absolute atomic E-state index is 10.5. The smallest absolute Gasteiger partial charge is 0.376 e. The first-order valence-electron chi connectivity index (χ1n) is 3.58. The fourth-order valence-electron chi connectivity index (χ4n) is 1.03. The van der Waals surface area contributed by atoms with Crippen molar-refractivity contribution in [3.8, 4) is 0 Å². The quantitative estimate of drug-likeness (QED) is 0.768. The zero-order valence-corrected chi connectivity index (χ0v) is 6.84. The van der Waals surface area contributed by atoms with E-state index in [-0.39, 0.29) is 10.8 Å². The van der Waals surface area contributed by atoms with Gasteiger partial charge in [-0.2, -0.15) is 0 Å². The molecule has 1 aromatic heterocycles. The van der Waals surface area contributed by atoms with Crippen LogP contribution in [0.2, 0.25) is 5.02 Å². The molecule has 0 bridgehead atoms. The molecule has 0 spiro atoms. The van der Waals surface area contributed by atoms with E-state index < -0.39 is 5.97 Å². The van der Waals surface area contributed by atoms with Crippen molar-refractivity contribution >= 4 is 17.6 Å². The average molecular weight is 188 g/mol. The van der Waals surface area contributed by atoms with Crippen molar-refractivity contribution in [2.75, 3.05) is 0 Å². The van der Waals surface area contributed by atoms with Crippen LogP contribution >= 0.6 is 11.6 Å². The van der Waals surface area contributed by atoms with E-state index in [0.29, 0.717) is 11.6 Å². The Kier molecular flexibility index (Phi) is 1.58. The van der Waals surface area contributed by atoms with Gasteiger partial charge in [0.15, 0.2) is 0 Å². The molecule has 0 unspecified atom stereocenters. The maximum atomic E-state index is 10.5. The van der Waals surface area contributed by atoms with Crippen LogP contribution in [0.1, 0.15) is 35.0 Å². The SMILES string of the molecule is O=C(O)c1onc(C2CC2)c1Cl. The summed E-state index contributed by atoms with van der Waals surface area (Å²) in [5, 5.41) is 12.3. The molecular weight excluding hydrogens is 182 g/mol. The predicted octanol–water partition coefficient (Wildman–Crippen LogP) is 1.90. The lowest BCUT2D eigenvalue weighted by Crippen LogP contribution is -1.93. The Bertz CT molecular complexity index is 329. The van der Waals surface area contributed by atoms with Crippen LogP contribution in [-0.4, -0.2) is 16.2 Å². The van der Waals surface area contributed by atoms with E-state index >= 15 is 0 Å². The fourth-order valence-corrected chi connectivity index (χ4v) is 1.34. The lowest BCUT2D eigenvalue weighted by atomic mass is 10.3. The van der Waals surface area contributed by atoms with Gasteiger partial charge in [-0.05, 0) is 12.8 Å². The molecular formula is C7H6ClNO3. The van der Waals surface area contributed by atoms with Gasteiger partial charge in [0, 0.05) is 5.92 Å². The highest BCUT2D eigenvalue weighted by atomic mass is 35.5. The van der Waals surface area contributed by atoms with Crippen molar-refractivity contribution in [2.45, 2.75) is 18.8 Å². The summed E-state index contributed by atoms with van der Waals surface area (Å²) in [4.78, 5) is 10.5. The molecule has 0 radical (unpaired) electrons. The Morgan fingerprint density at radius 1 is 1.67 bits per heavy atom. The molecule has 5 heteroatoms. The van der Waals surface area contributed by atoms with E-state index in [9.17, 15) is 4.79 Å². The van der Waals surface area contributed by atoms with E-state index in [1.54, 1.807) is 0 Å². The molecule has 0 aromatic carbocycles. The monoisotopic (exact) mass is 187 g/mol. The van der Waals surface area contributed by atoms with Crippen LogP contribution in [0, 0.1) is 0 Å². The third-order valence-corrected chi connectivity index (χ3v) is 2.18. The molecule has 1 N–H and O–H groups in total. The minimum atomic E-state index is -1.17. The molecule has 0 atom stereocenters. The van der Waals surface area contributed by atoms with E-state index in [2.05, 4.69) is 9.68 Å². The summed E-state index contributed by atoms with van der Waals surface area (Å²) in [7, 11) is 0. The Hall–Kier alpha value is -1.03. The van der Waals surface area contributed by atoms with Crippen molar-refractivity contribution in [3.63, 3.8) is 0 Å². The summed E-state index contributed by atoms with van der Waals surface area (Å²) in [5.41, 5.74) is 0.592.